The van der Waals surface area contributed by atoms with Crippen molar-refractivity contribution in [2.24, 2.45) is 5.92 Å². The number of carboxylic acids is 1. The van der Waals surface area contributed by atoms with E-state index >= 15 is 0 Å². The summed E-state index contributed by atoms with van der Waals surface area (Å²) in [4.78, 5) is 21.2. The molecular formula is C14H19N3O2S. The first-order valence-electron chi connectivity index (χ1n) is 6.80. The van der Waals surface area contributed by atoms with Crippen molar-refractivity contribution in [3.8, 4) is 0 Å². The summed E-state index contributed by atoms with van der Waals surface area (Å²) in [6, 6.07) is 1.29. The first-order valence-corrected chi connectivity index (χ1v) is 7.68. The van der Waals surface area contributed by atoms with Crippen LogP contribution in [0.5, 0.6) is 0 Å². The molecule has 0 unspecified atom stereocenters. The number of hydrogen-bond donors (Lipinski definition) is 2. The molecule has 0 aliphatic carbocycles. The van der Waals surface area contributed by atoms with E-state index < -0.39 is 12.0 Å². The van der Waals surface area contributed by atoms with Gasteiger partial charge in [-0.3, -0.25) is 0 Å². The minimum Gasteiger partial charge on any atom is -0.480 e. The van der Waals surface area contributed by atoms with E-state index in [2.05, 4.69) is 15.3 Å². The summed E-state index contributed by atoms with van der Waals surface area (Å²) >= 11 is 1.54. The van der Waals surface area contributed by atoms with Crippen molar-refractivity contribution < 1.29 is 9.90 Å². The maximum absolute atomic E-state index is 11.4. The second-order valence-corrected chi connectivity index (χ2v) is 5.72. The van der Waals surface area contributed by atoms with Gasteiger partial charge in [-0.15, -0.1) is 11.3 Å². The topological polar surface area (TPSA) is 75.1 Å². The fourth-order valence-electron chi connectivity index (χ4n) is 2.00. The minimum absolute atomic E-state index is 0.0289. The number of anilines is 1. The molecule has 0 saturated heterocycles. The second-order valence-electron chi connectivity index (χ2n) is 4.83. The SMILES string of the molecule is CCc1nc(N[C@H](C(=O)O)[C@@H](C)CC)c2ccsc2n1. The molecule has 0 aliphatic rings. The molecule has 0 amide bonds. The maximum Gasteiger partial charge on any atom is 0.326 e. The van der Waals surface area contributed by atoms with Gasteiger partial charge in [-0.1, -0.05) is 27.2 Å². The minimum atomic E-state index is -0.848. The third-order valence-corrected chi connectivity index (χ3v) is 4.27. The zero-order valence-electron chi connectivity index (χ0n) is 11.9. The number of aliphatic carboxylic acids is 1. The first kappa shape index (κ1) is 14.7. The summed E-state index contributed by atoms with van der Waals surface area (Å²) in [6.45, 7) is 5.90. The molecule has 0 radical (unpaired) electrons. The third-order valence-electron chi connectivity index (χ3n) is 3.46. The standard InChI is InChI=1S/C14H19N3O2S/c1-4-8(3)11(14(18)19)17-12-9-6-7-20-13(9)16-10(5-2)15-12/h6-8,11H,4-5H2,1-3H3,(H,18,19)(H,15,16,17)/t8-,11-/m0/s1. The Morgan fingerprint density at radius 1 is 1.45 bits per heavy atom. The molecule has 2 aromatic rings. The van der Waals surface area contributed by atoms with E-state index in [-0.39, 0.29) is 5.92 Å². The number of aryl methyl sites for hydroxylation is 1. The van der Waals surface area contributed by atoms with E-state index in [1.165, 1.54) is 0 Å². The Morgan fingerprint density at radius 3 is 2.80 bits per heavy atom. The van der Waals surface area contributed by atoms with E-state index in [0.29, 0.717) is 5.82 Å². The molecule has 2 aromatic heterocycles. The lowest BCUT2D eigenvalue weighted by molar-refractivity contribution is -0.139. The highest BCUT2D eigenvalue weighted by molar-refractivity contribution is 7.16. The maximum atomic E-state index is 11.4. The van der Waals surface area contributed by atoms with Crippen LogP contribution in [0, 0.1) is 5.92 Å². The van der Waals surface area contributed by atoms with Gasteiger partial charge in [-0.2, -0.15) is 0 Å². The van der Waals surface area contributed by atoms with E-state index in [9.17, 15) is 9.90 Å². The van der Waals surface area contributed by atoms with Gasteiger partial charge in [0.2, 0.25) is 0 Å². The molecule has 0 aliphatic heterocycles. The van der Waals surface area contributed by atoms with Crippen LogP contribution in [-0.4, -0.2) is 27.1 Å². The Kier molecular flexibility index (Phi) is 4.54. The van der Waals surface area contributed by atoms with Crippen LogP contribution in [0.4, 0.5) is 5.82 Å². The molecular weight excluding hydrogens is 274 g/mol. The average molecular weight is 293 g/mol. The smallest absolute Gasteiger partial charge is 0.326 e. The van der Waals surface area contributed by atoms with Crippen LogP contribution in [0.1, 0.15) is 33.0 Å². The van der Waals surface area contributed by atoms with Crippen LogP contribution in [0.15, 0.2) is 11.4 Å². The molecule has 0 aromatic carbocycles. The van der Waals surface area contributed by atoms with Gasteiger partial charge >= 0.3 is 5.97 Å². The number of carbonyl (C=O) groups is 1. The largest absolute Gasteiger partial charge is 0.480 e. The van der Waals surface area contributed by atoms with Crippen LogP contribution >= 0.6 is 11.3 Å². The van der Waals surface area contributed by atoms with Crippen molar-refractivity contribution in [2.45, 2.75) is 39.7 Å². The lowest BCUT2D eigenvalue weighted by Gasteiger charge is -2.21. The number of aromatic nitrogens is 2. The van der Waals surface area contributed by atoms with Crippen molar-refractivity contribution >= 4 is 33.3 Å². The van der Waals surface area contributed by atoms with Gasteiger partial charge in [0.15, 0.2) is 0 Å². The highest BCUT2D eigenvalue weighted by Gasteiger charge is 2.24. The van der Waals surface area contributed by atoms with E-state index in [4.69, 9.17) is 0 Å². The van der Waals surface area contributed by atoms with Crippen LogP contribution in [0.3, 0.4) is 0 Å². The van der Waals surface area contributed by atoms with E-state index in [1.807, 2.05) is 32.2 Å². The lowest BCUT2D eigenvalue weighted by Crippen LogP contribution is -2.35. The Labute approximate surface area is 122 Å². The molecule has 2 N–H and O–H groups in total. The van der Waals surface area contributed by atoms with Gasteiger partial charge in [0, 0.05) is 6.42 Å². The zero-order valence-corrected chi connectivity index (χ0v) is 12.7. The summed E-state index contributed by atoms with van der Waals surface area (Å²) in [7, 11) is 0. The number of fused-ring (bicyclic) bond motifs is 1. The molecule has 2 rings (SSSR count). The fraction of sp³-hybridized carbons (Fsp3) is 0.500. The molecule has 0 saturated carbocycles. The molecule has 6 heteroatoms. The van der Waals surface area contributed by atoms with Gasteiger partial charge in [-0.25, -0.2) is 14.8 Å². The fourth-order valence-corrected chi connectivity index (χ4v) is 2.78. The Bertz CT molecular complexity index is 611. The van der Waals surface area contributed by atoms with Crippen LogP contribution in [-0.2, 0) is 11.2 Å². The Balaban J connectivity index is 2.40. The third kappa shape index (κ3) is 2.90. The predicted octanol–water partition coefficient (Wildman–Crippen LogP) is 3.16. The number of hydrogen-bond acceptors (Lipinski definition) is 5. The summed E-state index contributed by atoms with van der Waals surface area (Å²) < 4.78 is 0. The summed E-state index contributed by atoms with van der Waals surface area (Å²) in [6.07, 6.45) is 1.52. The van der Waals surface area contributed by atoms with Crippen LogP contribution < -0.4 is 5.32 Å². The summed E-state index contributed by atoms with van der Waals surface area (Å²) in [5, 5.41) is 15.3. The van der Waals surface area contributed by atoms with Gasteiger partial charge in [0.1, 0.15) is 22.5 Å². The number of nitrogens with zero attached hydrogens (tertiary/aromatic N) is 2. The quantitative estimate of drug-likeness (QED) is 0.855. The molecule has 0 spiro atoms. The molecule has 0 fully saturated rings. The van der Waals surface area contributed by atoms with Crippen LogP contribution in [0.25, 0.3) is 10.2 Å². The highest BCUT2D eigenvalue weighted by atomic mass is 32.1. The van der Waals surface area contributed by atoms with Gasteiger partial charge < -0.3 is 10.4 Å². The van der Waals surface area contributed by atoms with Gasteiger partial charge in [-0.05, 0) is 17.4 Å². The van der Waals surface area contributed by atoms with Crippen LogP contribution in [0.2, 0.25) is 0 Å². The zero-order chi connectivity index (χ0) is 14.7. The molecule has 0 bridgehead atoms. The molecule has 2 heterocycles. The van der Waals surface area contributed by atoms with Crippen molar-refractivity contribution in [3.05, 3.63) is 17.3 Å². The lowest BCUT2D eigenvalue weighted by atomic mass is 9.99. The monoisotopic (exact) mass is 293 g/mol. The van der Waals surface area contributed by atoms with E-state index in [0.717, 1.165) is 28.9 Å². The van der Waals surface area contributed by atoms with Crippen molar-refractivity contribution in [2.75, 3.05) is 5.32 Å². The highest BCUT2D eigenvalue weighted by Crippen LogP contribution is 2.26. The van der Waals surface area contributed by atoms with Crippen molar-refractivity contribution in [1.29, 1.82) is 0 Å². The van der Waals surface area contributed by atoms with Crippen molar-refractivity contribution in [3.63, 3.8) is 0 Å². The summed E-state index contributed by atoms with van der Waals surface area (Å²) in [5.74, 6) is 0.539. The normalized spacial score (nSPS) is 14.2. The number of thiophene rings is 1. The molecule has 5 nitrogen and oxygen atoms in total. The second kappa shape index (κ2) is 6.17. The van der Waals surface area contributed by atoms with Gasteiger partial charge in [0.25, 0.3) is 0 Å². The average Bonchev–Trinajstić information content (AvgIpc) is 2.91. The number of rotatable bonds is 6. The number of carboxylic acid groups (broad SMARTS) is 1. The molecule has 2 atom stereocenters. The Morgan fingerprint density at radius 2 is 2.20 bits per heavy atom. The van der Waals surface area contributed by atoms with Crippen molar-refractivity contribution in [1.82, 2.24) is 9.97 Å². The molecule has 108 valence electrons. The molecule has 20 heavy (non-hydrogen) atoms. The summed E-state index contributed by atoms with van der Waals surface area (Å²) in [5.41, 5.74) is 0. The Hall–Kier alpha value is -1.69. The van der Waals surface area contributed by atoms with Gasteiger partial charge in [0.05, 0.1) is 5.39 Å². The van der Waals surface area contributed by atoms with E-state index in [1.54, 1.807) is 11.3 Å². The first-order chi connectivity index (χ1) is 9.56. The predicted molar refractivity (Wildman–Crippen MR) is 81.3 cm³/mol. The number of nitrogens with one attached hydrogen (secondary N) is 1.